The van der Waals surface area contributed by atoms with E-state index in [1.807, 2.05) is 19.1 Å². The van der Waals surface area contributed by atoms with Crippen molar-refractivity contribution in [1.29, 1.82) is 0 Å². The van der Waals surface area contributed by atoms with Crippen LogP contribution in [-0.4, -0.2) is 21.0 Å². The van der Waals surface area contributed by atoms with Gasteiger partial charge in [0.2, 0.25) is 10.0 Å². The average molecular weight is 284 g/mol. The van der Waals surface area contributed by atoms with Crippen molar-refractivity contribution >= 4 is 10.0 Å². The first kappa shape index (κ1) is 16.1. The van der Waals surface area contributed by atoms with Gasteiger partial charge in [0.25, 0.3) is 0 Å². The molecule has 0 saturated carbocycles. The van der Waals surface area contributed by atoms with Crippen molar-refractivity contribution in [1.82, 2.24) is 5.32 Å². The Morgan fingerprint density at radius 1 is 1.26 bits per heavy atom. The lowest BCUT2D eigenvalue weighted by Gasteiger charge is -2.25. The number of hydrogen-bond donors (Lipinski definition) is 2. The summed E-state index contributed by atoms with van der Waals surface area (Å²) in [6.07, 6.45) is 2.00. The maximum atomic E-state index is 11.6. The molecule has 1 aromatic carbocycles. The lowest BCUT2D eigenvalue weighted by Crippen LogP contribution is -2.34. The molecule has 0 aromatic heterocycles. The van der Waals surface area contributed by atoms with E-state index in [4.69, 9.17) is 5.14 Å². The van der Waals surface area contributed by atoms with Crippen LogP contribution in [0, 0.1) is 0 Å². The van der Waals surface area contributed by atoms with Gasteiger partial charge >= 0.3 is 0 Å². The third kappa shape index (κ3) is 4.30. The van der Waals surface area contributed by atoms with Crippen LogP contribution >= 0.6 is 0 Å². The molecule has 1 aromatic rings. The van der Waals surface area contributed by atoms with Crippen LogP contribution in [0.2, 0.25) is 0 Å². The van der Waals surface area contributed by atoms with Crippen molar-refractivity contribution in [2.24, 2.45) is 5.14 Å². The van der Waals surface area contributed by atoms with Crippen molar-refractivity contribution in [2.75, 3.05) is 6.54 Å². The summed E-state index contributed by atoms with van der Waals surface area (Å²) in [7, 11) is -3.67. The van der Waals surface area contributed by atoms with Crippen LogP contribution in [0.1, 0.15) is 45.1 Å². The molecule has 0 spiro atoms. The van der Waals surface area contributed by atoms with E-state index in [0.29, 0.717) is 0 Å². The minimum atomic E-state index is -3.67. The van der Waals surface area contributed by atoms with E-state index in [0.717, 1.165) is 24.9 Å². The normalized spacial score (nSPS) is 15.2. The molecule has 0 fully saturated rings. The molecule has 5 heteroatoms. The fourth-order valence-electron chi connectivity index (χ4n) is 2.34. The van der Waals surface area contributed by atoms with E-state index in [1.54, 1.807) is 12.1 Å². The highest BCUT2D eigenvalue weighted by Crippen LogP contribution is 2.26. The molecule has 0 saturated heterocycles. The highest BCUT2D eigenvalue weighted by Gasteiger charge is 2.22. The lowest BCUT2D eigenvalue weighted by atomic mass is 9.91. The Bertz CT molecular complexity index is 500. The number of benzene rings is 1. The largest absolute Gasteiger partial charge is 0.313 e. The molecule has 2 atom stereocenters. The molecule has 3 N–H and O–H groups in total. The van der Waals surface area contributed by atoms with Crippen LogP contribution in [0.25, 0.3) is 0 Å². The predicted octanol–water partition coefficient (Wildman–Crippen LogP) is 2.22. The van der Waals surface area contributed by atoms with Crippen LogP contribution in [-0.2, 0) is 10.0 Å². The first-order valence-electron chi connectivity index (χ1n) is 6.76. The van der Waals surface area contributed by atoms with E-state index in [2.05, 4.69) is 19.2 Å². The van der Waals surface area contributed by atoms with Gasteiger partial charge in [-0.2, -0.15) is 0 Å². The first-order valence-corrected chi connectivity index (χ1v) is 8.31. The monoisotopic (exact) mass is 284 g/mol. The van der Waals surface area contributed by atoms with Crippen LogP contribution in [0.5, 0.6) is 0 Å². The maximum Gasteiger partial charge on any atom is 0.238 e. The molecule has 1 rings (SSSR count). The molecule has 0 aliphatic rings. The van der Waals surface area contributed by atoms with Gasteiger partial charge in [0.15, 0.2) is 0 Å². The molecule has 19 heavy (non-hydrogen) atoms. The van der Waals surface area contributed by atoms with Gasteiger partial charge in [0.05, 0.1) is 4.90 Å². The number of sulfonamides is 1. The van der Waals surface area contributed by atoms with Crippen LogP contribution < -0.4 is 10.5 Å². The topological polar surface area (TPSA) is 72.2 Å². The number of hydrogen-bond acceptors (Lipinski definition) is 3. The Balaban J connectivity index is 3.08. The Morgan fingerprint density at radius 2 is 1.89 bits per heavy atom. The summed E-state index contributed by atoms with van der Waals surface area (Å²) in [4.78, 5) is 0.235. The van der Waals surface area contributed by atoms with E-state index >= 15 is 0 Å². The van der Waals surface area contributed by atoms with Crippen molar-refractivity contribution in [3.05, 3.63) is 29.8 Å². The molecule has 108 valence electrons. The highest BCUT2D eigenvalue weighted by atomic mass is 32.2. The van der Waals surface area contributed by atoms with E-state index in [9.17, 15) is 8.42 Å². The highest BCUT2D eigenvalue weighted by molar-refractivity contribution is 7.89. The third-order valence-corrected chi connectivity index (χ3v) is 4.40. The second kappa shape index (κ2) is 7.03. The Kier molecular flexibility index (Phi) is 5.97. The van der Waals surface area contributed by atoms with E-state index in [-0.39, 0.29) is 16.9 Å². The van der Waals surface area contributed by atoms with Gasteiger partial charge in [-0.3, -0.25) is 0 Å². The van der Waals surface area contributed by atoms with Crippen molar-refractivity contribution in [2.45, 2.75) is 50.5 Å². The Labute approximate surface area is 116 Å². The van der Waals surface area contributed by atoms with Gasteiger partial charge in [0, 0.05) is 6.04 Å². The molecule has 4 nitrogen and oxygen atoms in total. The zero-order chi connectivity index (χ0) is 14.5. The number of nitrogens with two attached hydrogens (primary N) is 1. The molecule has 0 radical (unpaired) electrons. The standard InChI is InChI=1S/C14H24N2O2S/c1-4-10-16-13(5-2)11(3)12-8-6-7-9-14(12)19(15,17)18/h6-9,11,13,16H,4-5,10H2,1-3H3,(H2,15,17,18). The molecule has 0 bridgehead atoms. The smallest absolute Gasteiger partial charge is 0.238 e. The Hall–Kier alpha value is -0.910. The van der Waals surface area contributed by atoms with Crippen LogP contribution in [0.15, 0.2) is 29.2 Å². The second-order valence-corrected chi connectivity index (χ2v) is 6.37. The minimum absolute atomic E-state index is 0.103. The minimum Gasteiger partial charge on any atom is -0.313 e. The van der Waals surface area contributed by atoms with Gasteiger partial charge in [-0.1, -0.05) is 39.0 Å². The number of rotatable bonds is 7. The molecular formula is C14H24N2O2S. The van der Waals surface area contributed by atoms with Crippen LogP contribution in [0.3, 0.4) is 0 Å². The summed E-state index contributed by atoms with van der Waals surface area (Å²) in [6, 6.07) is 7.24. The van der Waals surface area contributed by atoms with Gasteiger partial charge in [-0.05, 0) is 36.9 Å². The SMILES string of the molecule is CCCNC(CC)C(C)c1ccccc1S(N)(=O)=O. The molecule has 0 aliphatic heterocycles. The molecular weight excluding hydrogens is 260 g/mol. The number of nitrogens with one attached hydrogen (secondary N) is 1. The summed E-state index contributed by atoms with van der Waals surface area (Å²) >= 11 is 0. The second-order valence-electron chi connectivity index (χ2n) is 4.84. The van der Waals surface area contributed by atoms with Gasteiger partial charge in [0.1, 0.15) is 0 Å². The summed E-state index contributed by atoms with van der Waals surface area (Å²) in [5.74, 6) is 0.103. The summed E-state index contributed by atoms with van der Waals surface area (Å²) in [5, 5.41) is 8.75. The fourth-order valence-corrected chi connectivity index (χ4v) is 3.19. The summed E-state index contributed by atoms with van der Waals surface area (Å²) < 4.78 is 23.3. The van der Waals surface area contributed by atoms with E-state index < -0.39 is 10.0 Å². The molecule has 0 heterocycles. The molecule has 0 aliphatic carbocycles. The van der Waals surface area contributed by atoms with Gasteiger partial charge in [-0.25, -0.2) is 13.6 Å². The first-order chi connectivity index (χ1) is 8.91. The quantitative estimate of drug-likeness (QED) is 0.806. The van der Waals surface area contributed by atoms with Crippen LogP contribution in [0.4, 0.5) is 0 Å². The maximum absolute atomic E-state index is 11.6. The van der Waals surface area contributed by atoms with E-state index in [1.165, 1.54) is 0 Å². The molecule has 2 unspecified atom stereocenters. The average Bonchev–Trinajstić information content (AvgIpc) is 2.38. The van der Waals surface area contributed by atoms with Crippen molar-refractivity contribution < 1.29 is 8.42 Å². The van der Waals surface area contributed by atoms with Crippen molar-refractivity contribution in [3.63, 3.8) is 0 Å². The summed E-state index contributed by atoms with van der Waals surface area (Å²) in [6.45, 7) is 7.19. The Morgan fingerprint density at radius 3 is 2.42 bits per heavy atom. The van der Waals surface area contributed by atoms with Gasteiger partial charge in [-0.15, -0.1) is 0 Å². The lowest BCUT2D eigenvalue weighted by molar-refractivity contribution is 0.434. The predicted molar refractivity (Wildman–Crippen MR) is 78.6 cm³/mol. The molecule has 0 amide bonds. The zero-order valence-electron chi connectivity index (χ0n) is 11.9. The van der Waals surface area contributed by atoms with Gasteiger partial charge < -0.3 is 5.32 Å². The third-order valence-electron chi connectivity index (χ3n) is 3.42. The number of primary sulfonamides is 1. The summed E-state index contributed by atoms with van der Waals surface area (Å²) in [5.41, 5.74) is 0.792. The zero-order valence-corrected chi connectivity index (χ0v) is 12.7. The fraction of sp³-hybridized carbons (Fsp3) is 0.571. The van der Waals surface area contributed by atoms with Crippen molar-refractivity contribution in [3.8, 4) is 0 Å².